The van der Waals surface area contributed by atoms with E-state index in [4.69, 9.17) is 5.73 Å². The zero-order valence-electron chi connectivity index (χ0n) is 12.0. The van der Waals surface area contributed by atoms with Crippen molar-refractivity contribution in [2.45, 2.75) is 45.4 Å². The van der Waals surface area contributed by atoms with Crippen LogP contribution in [-0.2, 0) is 6.42 Å². The van der Waals surface area contributed by atoms with Crippen LogP contribution in [0, 0.1) is 5.92 Å². The number of anilines is 1. The van der Waals surface area contributed by atoms with Crippen LogP contribution in [-0.4, -0.2) is 29.6 Å². The summed E-state index contributed by atoms with van der Waals surface area (Å²) in [5.41, 5.74) is 6.67. The summed E-state index contributed by atoms with van der Waals surface area (Å²) in [6.45, 7) is 5.13. The molecule has 1 aromatic heterocycles. The molecule has 0 saturated carbocycles. The summed E-state index contributed by atoms with van der Waals surface area (Å²) in [6.07, 6.45) is 11.3. The first-order chi connectivity index (χ1) is 9.33. The fraction of sp³-hybridized carbons (Fsp3) is 0.733. The number of nitrogens with two attached hydrogens (primary N) is 1. The summed E-state index contributed by atoms with van der Waals surface area (Å²) >= 11 is 0. The molecule has 19 heavy (non-hydrogen) atoms. The van der Waals surface area contributed by atoms with E-state index < -0.39 is 0 Å². The number of nitrogens with zero attached hydrogens (tertiary/aromatic N) is 3. The fourth-order valence-electron chi connectivity index (χ4n) is 2.87. The van der Waals surface area contributed by atoms with Crippen molar-refractivity contribution in [3.05, 3.63) is 18.0 Å². The van der Waals surface area contributed by atoms with E-state index in [1.165, 1.54) is 32.1 Å². The van der Waals surface area contributed by atoms with Crippen LogP contribution in [0.2, 0.25) is 0 Å². The number of hydrogen-bond acceptors (Lipinski definition) is 4. The van der Waals surface area contributed by atoms with Gasteiger partial charge >= 0.3 is 0 Å². The highest BCUT2D eigenvalue weighted by molar-refractivity contribution is 5.30. The van der Waals surface area contributed by atoms with Crippen LogP contribution in [0.25, 0.3) is 0 Å². The van der Waals surface area contributed by atoms with Gasteiger partial charge in [-0.15, -0.1) is 0 Å². The van der Waals surface area contributed by atoms with E-state index in [0.29, 0.717) is 6.54 Å². The maximum atomic E-state index is 5.54. The summed E-state index contributed by atoms with van der Waals surface area (Å²) in [7, 11) is 0. The molecule has 2 N–H and O–H groups in total. The average molecular weight is 262 g/mol. The molecule has 0 amide bonds. The van der Waals surface area contributed by atoms with Crippen LogP contribution in [0.4, 0.5) is 5.95 Å². The van der Waals surface area contributed by atoms with Gasteiger partial charge in [-0.3, -0.25) is 0 Å². The van der Waals surface area contributed by atoms with Crippen LogP contribution < -0.4 is 10.6 Å². The zero-order chi connectivity index (χ0) is 13.5. The Labute approximate surface area is 116 Å². The Morgan fingerprint density at radius 1 is 1.26 bits per heavy atom. The number of rotatable bonds is 5. The van der Waals surface area contributed by atoms with E-state index >= 15 is 0 Å². The molecule has 4 nitrogen and oxygen atoms in total. The Kier molecular flexibility index (Phi) is 5.58. The van der Waals surface area contributed by atoms with E-state index in [9.17, 15) is 0 Å². The van der Waals surface area contributed by atoms with Gasteiger partial charge < -0.3 is 10.6 Å². The molecule has 1 fully saturated rings. The van der Waals surface area contributed by atoms with Crippen LogP contribution in [0.3, 0.4) is 0 Å². The third-order valence-electron chi connectivity index (χ3n) is 3.95. The molecule has 1 saturated heterocycles. The summed E-state index contributed by atoms with van der Waals surface area (Å²) < 4.78 is 0. The smallest absolute Gasteiger partial charge is 0.225 e. The molecule has 2 heterocycles. The first-order valence-electron chi connectivity index (χ1n) is 7.59. The van der Waals surface area contributed by atoms with E-state index in [2.05, 4.69) is 21.8 Å². The lowest BCUT2D eigenvalue weighted by Crippen LogP contribution is -2.26. The number of aromatic nitrogens is 2. The van der Waals surface area contributed by atoms with E-state index in [1.807, 2.05) is 12.4 Å². The molecule has 1 aliphatic heterocycles. The molecule has 1 aliphatic rings. The fourth-order valence-corrected chi connectivity index (χ4v) is 2.87. The standard InChI is InChI=1S/C15H26N4/c1-2-4-13-5-3-9-19(10-7-13)15-17-11-14(6-8-16)12-18-15/h11-13H,2-10,16H2,1H3. The van der Waals surface area contributed by atoms with Gasteiger partial charge in [-0.2, -0.15) is 0 Å². The Morgan fingerprint density at radius 3 is 2.74 bits per heavy atom. The minimum absolute atomic E-state index is 0.658. The highest BCUT2D eigenvalue weighted by Crippen LogP contribution is 2.23. The minimum Gasteiger partial charge on any atom is -0.341 e. The lowest BCUT2D eigenvalue weighted by Gasteiger charge is -2.20. The quantitative estimate of drug-likeness (QED) is 0.885. The molecule has 2 rings (SSSR count). The predicted octanol–water partition coefficient (Wildman–Crippen LogP) is 2.38. The summed E-state index contributed by atoms with van der Waals surface area (Å²) in [5.74, 6) is 1.78. The molecule has 0 aromatic carbocycles. The predicted molar refractivity (Wildman–Crippen MR) is 79.3 cm³/mol. The molecular weight excluding hydrogens is 236 g/mol. The highest BCUT2D eigenvalue weighted by atomic mass is 15.2. The van der Waals surface area contributed by atoms with Crippen LogP contribution >= 0.6 is 0 Å². The first-order valence-corrected chi connectivity index (χ1v) is 7.59. The van der Waals surface area contributed by atoms with Crippen molar-refractivity contribution >= 4 is 5.95 Å². The van der Waals surface area contributed by atoms with Gasteiger partial charge in [-0.05, 0) is 43.7 Å². The lowest BCUT2D eigenvalue weighted by atomic mass is 9.96. The Balaban J connectivity index is 1.93. The van der Waals surface area contributed by atoms with Crippen molar-refractivity contribution in [3.63, 3.8) is 0 Å². The maximum Gasteiger partial charge on any atom is 0.225 e. The van der Waals surface area contributed by atoms with Crippen molar-refractivity contribution in [1.29, 1.82) is 0 Å². The molecular formula is C15H26N4. The minimum atomic E-state index is 0.658. The third kappa shape index (κ3) is 4.16. The van der Waals surface area contributed by atoms with E-state index in [0.717, 1.165) is 36.9 Å². The van der Waals surface area contributed by atoms with Gasteiger partial charge in [-0.1, -0.05) is 19.8 Å². The Morgan fingerprint density at radius 2 is 2.05 bits per heavy atom. The zero-order valence-corrected chi connectivity index (χ0v) is 12.0. The highest BCUT2D eigenvalue weighted by Gasteiger charge is 2.17. The largest absolute Gasteiger partial charge is 0.341 e. The summed E-state index contributed by atoms with van der Waals surface area (Å²) in [6, 6.07) is 0. The van der Waals surface area contributed by atoms with Gasteiger partial charge in [0, 0.05) is 25.5 Å². The van der Waals surface area contributed by atoms with Crippen molar-refractivity contribution < 1.29 is 0 Å². The van der Waals surface area contributed by atoms with Crippen molar-refractivity contribution in [2.75, 3.05) is 24.5 Å². The van der Waals surface area contributed by atoms with Gasteiger partial charge in [0.15, 0.2) is 0 Å². The van der Waals surface area contributed by atoms with E-state index in [1.54, 1.807) is 0 Å². The second-order valence-corrected chi connectivity index (χ2v) is 5.50. The molecule has 1 atom stereocenters. The topological polar surface area (TPSA) is 55.0 Å². The van der Waals surface area contributed by atoms with Gasteiger partial charge in [0.25, 0.3) is 0 Å². The second-order valence-electron chi connectivity index (χ2n) is 5.50. The van der Waals surface area contributed by atoms with E-state index in [-0.39, 0.29) is 0 Å². The van der Waals surface area contributed by atoms with Crippen molar-refractivity contribution in [1.82, 2.24) is 9.97 Å². The molecule has 0 aliphatic carbocycles. The maximum absolute atomic E-state index is 5.54. The Hall–Kier alpha value is -1.16. The SMILES string of the molecule is CCCC1CCCN(c2ncc(CCN)cn2)CC1. The molecule has 1 unspecified atom stereocenters. The van der Waals surface area contributed by atoms with Crippen molar-refractivity contribution in [2.24, 2.45) is 11.7 Å². The molecule has 0 bridgehead atoms. The van der Waals surface area contributed by atoms with Crippen LogP contribution in [0.1, 0.15) is 44.6 Å². The average Bonchev–Trinajstić information content (AvgIpc) is 2.66. The summed E-state index contributed by atoms with van der Waals surface area (Å²) in [5, 5.41) is 0. The van der Waals surface area contributed by atoms with Gasteiger partial charge in [0.1, 0.15) is 0 Å². The molecule has 0 spiro atoms. The van der Waals surface area contributed by atoms with Gasteiger partial charge in [0.05, 0.1) is 0 Å². The summed E-state index contributed by atoms with van der Waals surface area (Å²) in [4.78, 5) is 11.3. The van der Waals surface area contributed by atoms with Crippen LogP contribution in [0.15, 0.2) is 12.4 Å². The lowest BCUT2D eigenvalue weighted by molar-refractivity contribution is 0.435. The molecule has 0 radical (unpaired) electrons. The molecule has 4 heteroatoms. The van der Waals surface area contributed by atoms with Crippen LogP contribution in [0.5, 0.6) is 0 Å². The van der Waals surface area contributed by atoms with Crippen molar-refractivity contribution in [3.8, 4) is 0 Å². The first kappa shape index (κ1) is 14.3. The normalized spacial score (nSPS) is 20.3. The molecule has 1 aromatic rings. The third-order valence-corrected chi connectivity index (χ3v) is 3.95. The second kappa shape index (κ2) is 7.43. The monoisotopic (exact) mass is 262 g/mol. The Bertz CT molecular complexity index is 363. The van der Waals surface area contributed by atoms with Gasteiger partial charge in [0.2, 0.25) is 5.95 Å². The molecule has 106 valence electrons. The number of hydrogen-bond donors (Lipinski definition) is 1. The van der Waals surface area contributed by atoms with Gasteiger partial charge in [-0.25, -0.2) is 9.97 Å².